The number of nitrogens with one attached hydrogen (secondary N) is 1. The van der Waals surface area contributed by atoms with Crippen LogP contribution in [0.1, 0.15) is 48.5 Å². The van der Waals surface area contributed by atoms with Crippen LogP contribution in [0.25, 0.3) is 0 Å². The van der Waals surface area contributed by atoms with E-state index in [9.17, 15) is 13.6 Å². The van der Waals surface area contributed by atoms with E-state index in [1.165, 1.54) is 6.42 Å². The van der Waals surface area contributed by atoms with Crippen LogP contribution in [0, 0.1) is 14.9 Å². The molecule has 1 N–H and O–H groups in total. The molecule has 0 bridgehead atoms. The summed E-state index contributed by atoms with van der Waals surface area (Å²) in [6.07, 6.45) is 2.85. The van der Waals surface area contributed by atoms with Crippen LogP contribution in [0.4, 0.5) is 25.8 Å². The molecule has 3 heterocycles. The summed E-state index contributed by atoms with van der Waals surface area (Å²) in [7, 11) is 0. The molecule has 0 spiro atoms. The maximum Gasteiger partial charge on any atom is 0.257 e. The van der Waals surface area contributed by atoms with Crippen molar-refractivity contribution in [1.29, 1.82) is 0 Å². The third-order valence-corrected chi connectivity index (χ3v) is 9.01. The number of rotatable bonds is 4. The predicted octanol–water partition coefficient (Wildman–Crippen LogP) is 5.95. The lowest BCUT2D eigenvalue weighted by atomic mass is 9.96. The molecule has 2 aromatic carbocycles. The molecule has 6 rings (SSSR count). The quantitative estimate of drug-likeness (QED) is 0.446. The minimum absolute atomic E-state index is 0.143. The van der Waals surface area contributed by atoms with Crippen molar-refractivity contribution in [2.75, 3.05) is 47.9 Å². The molecule has 2 unspecified atom stereocenters. The van der Waals surface area contributed by atoms with Gasteiger partial charge in [-0.1, -0.05) is 6.92 Å². The predicted molar refractivity (Wildman–Crippen MR) is 142 cm³/mol. The number of carbonyl (C=O) groups is 1. The van der Waals surface area contributed by atoms with Gasteiger partial charge in [0.2, 0.25) is 0 Å². The number of carbonyl (C=O) groups excluding carboxylic acids is 1. The summed E-state index contributed by atoms with van der Waals surface area (Å²) in [6, 6.07) is 9.84. The van der Waals surface area contributed by atoms with Gasteiger partial charge in [0.25, 0.3) is 11.8 Å². The second kappa shape index (κ2) is 8.49. The lowest BCUT2D eigenvalue weighted by molar-refractivity contribution is -0.0221. The molecule has 4 aliphatic rings. The van der Waals surface area contributed by atoms with Gasteiger partial charge < -0.3 is 19.9 Å². The Hall–Kier alpha value is -2.10. The van der Waals surface area contributed by atoms with Gasteiger partial charge in [-0.2, -0.15) is 0 Å². The van der Waals surface area contributed by atoms with Gasteiger partial charge in [-0.05, 0) is 77.1 Å². The van der Waals surface area contributed by atoms with Crippen molar-refractivity contribution in [3.05, 3.63) is 45.0 Å². The van der Waals surface area contributed by atoms with Crippen LogP contribution in [0.5, 0.6) is 5.75 Å². The van der Waals surface area contributed by atoms with Gasteiger partial charge in [-0.15, -0.1) is 0 Å². The Morgan fingerprint density at radius 1 is 1.09 bits per heavy atom. The average molecular weight is 593 g/mol. The Bertz CT molecular complexity index is 1180. The minimum Gasteiger partial charge on any atom is -0.491 e. The molecule has 8 heteroatoms. The first-order valence-electron chi connectivity index (χ1n) is 12.5. The third kappa shape index (κ3) is 4.47. The van der Waals surface area contributed by atoms with Crippen LogP contribution >= 0.6 is 22.6 Å². The van der Waals surface area contributed by atoms with Crippen molar-refractivity contribution in [2.45, 2.75) is 45.0 Å². The Labute approximate surface area is 218 Å². The topological polar surface area (TPSA) is 44.8 Å². The van der Waals surface area contributed by atoms with Gasteiger partial charge >= 0.3 is 0 Å². The molecule has 0 radical (unpaired) electrons. The largest absolute Gasteiger partial charge is 0.491 e. The fourth-order valence-corrected chi connectivity index (χ4v) is 6.36. The Morgan fingerprint density at radius 3 is 2.63 bits per heavy atom. The standard InChI is InChI=1S/C27H30F2IN3O2/c1-26-5-8-33(16-18(26)15-26)22-13-19(30)2-3-21(22)25(34)31-20-12-17-4-11-35-24(17)23(14-20)32-9-6-27(28,29)7-10-32/h2-3,12-14,18H,4-11,15-16H2,1H3,(H,31,34). The van der Waals surface area contributed by atoms with Crippen LogP contribution in [-0.2, 0) is 6.42 Å². The summed E-state index contributed by atoms with van der Waals surface area (Å²) in [5.41, 5.74) is 4.66. The van der Waals surface area contributed by atoms with E-state index in [0.29, 0.717) is 29.2 Å². The summed E-state index contributed by atoms with van der Waals surface area (Å²) >= 11 is 2.30. The van der Waals surface area contributed by atoms with Crippen molar-refractivity contribution >= 4 is 45.6 Å². The summed E-state index contributed by atoms with van der Waals surface area (Å²) < 4.78 is 34.5. The molecule has 186 valence electrons. The number of alkyl halides is 2. The molecule has 3 aliphatic heterocycles. The number of benzene rings is 2. The van der Waals surface area contributed by atoms with E-state index in [4.69, 9.17) is 4.74 Å². The van der Waals surface area contributed by atoms with Gasteiger partial charge in [-0.25, -0.2) is 8.78 Å². The number of hydrogen-bond donors (Lipinski definition) is 1. The molecule has 2 aromatic rings. The number of nitrogens with zero attached hydrogens (tertiary/aromatic N) is 2. The number of fused-ring (bicyclic) bond motifs is 2. The van der Waals surface area contributed by atoms with Gasteiger partial charge in [-0.3, -0.25) is 4.79 Å². The summed E-state index contributed by atoms with van der Waals surface area (Å²) in [5.74, 6) is -1.28. The first-order valence-corrected chi connectivity index (χ1v) is 13.6. The van der Waals surface area contributed by atoms with Crippen molar-refractivity contribution < 1.29 is 18.3 Å². The van der Waals surface area contributed by atoms with Crippen molar-refractivity contribution in [1.82, 2.24) is 0 Å². The fourth-order valence-electron chi connectivity index (χ4n) is 5.89. The third-order valence-electron chi connectivity index (χ3n) is 8.33. The normalized spacial score (nSPS) is 26.6. The first-order chi connectivity index (χ1) is 16.7. The van der Waals surface area contributed by atoms with E-state index in [1.807, 2.05) is 29.2 Å². The molecule has 0 aromatic heterocycles. The first kappa shape index (κ1) is 23.3. The van der Waals surface area contributed by atoms with Crippen molar-refractivity contribution in [3.8, 4) is 5.75 Å². The molecule has 3 fully saturated rings. The number of amides is 1. The Kier molecular flexibility index (Phi) is 5.65. The van der Waals surface area contributed by atoms with E-state index >= 15 is 0 Å². The van der Waals surface area contributed by atoms with E-state index in [2.05, 4.69) is 45.8 Å². The Balaban J connectivity index is 1.26. The van der Waals surface area contributed by atoms with E-state index < -0.39 is 5.92 Å². The zero-order valence-corrected chi connectivity index (χ0v) is 22.0. The second-order valence-corrected chi connectivity index (χ2v) is 12.0. The lowest BCUT2D eigenvalue weighted by Crippen LogP contribution is -2.39. The molecule has 1 aliphatic carbocycles. The smallest absolute Gasteiger partial charge is 0.257 e. The molecule has 35 heavy (non-hydrogen) atoms. The summed E-state index contributed by atoms with van der Waals surface area (Å²) in [5, 5.41) is 3.11. The fraction of sp³-hybridized carbons (Fsp3) is 0.519. The Morgan fingerprint density at radius 2 is 1.86 bits per heavy atom. The van der Waals surface area contributed by atoms with Crippen LogP contribution in [-0.4, -0.2) is 44.6 Å². The molecule has 2 saturated heterocycles. The lowest BCUT2D eigenvalue weighted by Gasteiger charge is -2.34. The highest BCUT2D eigenvalue weighted by molar-refractivity contribution is 14.1. The van der Waals surface area contributed by atoms with Gasteiger partial charge in [0.05, 0.1) is 23.5 Å². The highest BCUT2D eigenvalue weighted by atomic mass is 127. The maximum atomic E-state index is 13.8. The molecule has 1 saturated carbocycles. The highest BCUT2D eigenvalue weighted by Gasteiger charge is 2.52. The number of halogens is 3. The van der Waals surface area contributed by atoms with Gasteiger partial charge in [0.15, 0.2) is 0 Å². The zero-order valence-electron chi connectivity index (χ0n) is 19.9. The zero-order chi connectivity index (χ0) is 24.4. The molecule has 5 nitrogen and oxygen atoms in total. The second-order valence-electron chi connectivity index (χ2n) is 10.8. The van der Waals surface area contributed by atoms with Crippen LogP contribution in [0.3, 0.4) is 0 Å². The van der Waals surface area contributed by atoms with Crippen LogP contribution in [0.2, 0.25) is 0 Å². The van der Waals surface area contributed by atoms with E-state index in [0.717, 1.165) is 52.2 Å². The van der Waals surface area contributed by atoms with Crippen LogP contribution in [0.15, 0.2) is 30.3 Å². The number of piperidine rings is 2. The highest BCUT2D eigenvalue weighted by Crippen LogP contribution is 2.58. The van der Waals surface area contributed by atoms with E-state index in [1.54, 1.807) is 0 Å². The van der Waals surface area contributed by atoms with Gasteiger partial charge in [0, 0.05) is 60.3 Å². The SMILES string of the molecule is CC12CCN(c3cc(I)ccc3C(=O)Nc3cc4c(c(N5CCC(F)(F)CC5)c3)OCC4)CC1C2. The summed E-state index contributed by atoms with van der Waals surface area (Å²) in [6.45, 7) is 5.45. The van der Waals surface area contributed by atoms with Crippen molar-refractivity contribution in [3.63, 3.8) is 0 Å². The van der Waals surface area contributed by atoms with Crippen molar-refractivity contribution in [2.24, 2.45) is 11.3 Å². The van der Waals surface area contributed by atoms with Gasteiger partial charge in [0.1, 0.15) is 5.75 Å². The maximum absolute atomic E-state index is 13.8. The molecular formula is C27H30F2IN3O2. The number of hydrogen-bond acceptors (Lipinski definition) is 4. The minimum atomic E-state index is -2.61. The van der Waals surface area contributed by atoms with Crippen LogP contribution < -0.4 is 19.9 Å². The molecule has 2 atom stereocenters. The summed E-state index contributed by atoms with van der Waals surface area (Å²) in [4.78, 5) is 17.9. The number of anilines is 3. The van der Waals surface area contributed by atoms with E-state index in [-0.39, 0.29) is 31.8 Å². The molecular weight excluding hydrogens is 563 g/mol. The monoisotopic (exact) mass is 593 g/mol. The molecule has 1 amide bonds. The number of ether oxygens (including phenoxy) is 1. The average Bonchev–Trinajstić information content (AvgIpc) is 3.26.